The van der Waals surface area contributed by atoms with Crippen LogP contribution in [0, 0.1) is 12.7 Å². The predicted molar refractivity (Wildman–Crippen MR) is 57.4 cm³/mol. The van der Waals surface area contributed by atoms with E-state index in [-0.39, 0.29) is 5.82 Å². The van der Waals surface area contributed by atoms with Gasteiger partial charge in [0.05, 0.1) is 0 Å². The van der Waals surface area contributed by atoms with E-state index in [9.17, 15) is 4.39 Å². The van der Waals surface area contributed by atoms with Gasteiger partial charge in [0.15, 0.2) is 0 Å². The molecule has 0 radical (unpaired) electrons. The Morgan fingerprint density at radius 3 is 2.40 bits per heavy atom. The van der Waals surface area contributed by atoms with Gasteiger partial charge in [-0.25, -0.2) is 14.1 Å². The molecule has 0 unspecified atom stereocenters. The van der Waals surface area contributed by atoms with Crippen LogP contribution >= 0.6 is 0 Å². The van der Waals surface area contributed by atoms with Crippen molar-refractivity contribution < 1.29 is 4.39 Å². The molecule has 0 N–H and O–H groups in total. The number of nitrogens with zero attached hydrogens (tertiary/aromatic N) is 3. The Labute approximate surface area is 88.6 Å². The summed E-state index contributed by atoms with van der Waals surface area (Å²) >= 11 is 0. The van der Waals surface area contributed by atoms with Gasteiger partial charge in [0.2, 0.25) is 0 Å². The number of para-hydroxylation sites is 1. The molecule has 1 heterocycles. The van der Waals surface area contributed by atoms with Crippen molar-refractivity contribution in [2.24, 2.45) is 0 Å². The van der Waals surface area contributed by atoms with Crippen LogP contribution in [-0.4, -0.2) is 14.8 Å². The van der Waals surface area contributed by atoms with Crippen molar-refractivity contribution >= 4 is 0 Å². The van der Waals surface area contributed by atoms with Gasteiger partial charge >= 0.3 is 0 Å². The van der Waals surface area contributed by atoms with Gasteiger partial charge in [-0.3, -0.25) is 0 Å². The third-order valence-electron chi connectivity index (χ3n) is 1.71. The maximum atomic E-state index is 13.2. The number of halogens is 1. The van der Waals surface area contributed by atoms with Crippen molar-refractivity contribution in [3.63, 3.8) is 0 Å². The topological polar surface area (TPSA) is 30.7 Å². The normalized spacial score (nSPS) is 9.33. The quantitative estimate of drug-likeness (QED) is 0.719. The lowest BCUT2D eigenvalue weighted by Gasteiger charge is -1.99. The van der Waals surface area contributed by atoms with Crippen LogP contribution < -0.4 is 0 Å². The molecule has 0 saturated heterocycles. The third kappa shape index (κ3) is 2.62. The smallest absolute Gasteiger partial charge is 0.148 e. The van der Waals surface area contributed by atoms with E-state index in [1.807, 2.05) is 13.8 Å². The van der Waals surface area contributed by atoms with Gasteiger partial charge in [0.25, 0.3) is 0 Å². The Hall–Kier alpha value is -1.71. The molecule has 4 heteroatoms. The molecule has 0 aliphatic carbocycles. The molecule has 0 aliphatic rings. The molecule has 0 amide bonds. The lowest BCUT2D eigenvalue weighted by atomic mass is 10.3. The minimum Gasteiger partial charge on any atom is -0.220 e. The highest BCUT2D eigenvalue weighted by atomic mass is 19.1. The molecule has 15 heavy (non-hydrogen) atoms. The van der Waals surface area contributed by atoms with E-state index in [1.165, 1.54) is 17.1 Å². The minimum atomic E-state index is -0.299. The van der Waals surface area contributed by atoms with E-state index in [2.05, 4.69) is 10.1 Å². The fourth-order valence-corrected chi connectivity index (χ4v) is 1.10. The molecule has 2 aromatic rings. The van der Waals surface area contributed by atoms with Crippen molar-refractivity contribution in [2.75, 3.05) is 0 Å². The highest BCUT2D eigenvalue weighted by Gasteiger charge is 2.03. The fourth-order valence-electron chi connectivity index (χ4n) is 1.10. The molecule has 1 aromatic carbocycles. The van der Waals surface area contributed by atoms with Gasteiger partial charge in [-0.2, -0.15) is 5.10 Å². The van der Waals surface area contributed by atoms with Crippen LogP contribution in [-0.2, 0) is 0 Å². The summed E-state index contributed by atoms with van der Waals surface area (Å²) in [5, 5.41) is 4.01. The average molecular weight is 207 g/mol. The monoisotopic (exact) mass is 207 g/mol. The van der Waals surface area contributed by atoms with Gasteiger partial charge in [-0.15, -0.1) is 0 Å². The highest BCUT2D eigenvalue weighted by molar-refractivity contribution is 5.31. The lowest BCUT2D eigenvalue weighted by molar-refractivity contribution is 0.610. The number of hydrogen-bond acceptors (Lipinski definition) is 2. The van der Waals surface area contributed by atoms with Crippen LogP contribution in [0.2, 0.25) is 0 Å². The summed E-state index contributed by atoms with van der Waals surface area (Å²) in [5.41, 5.74) is 0.420. The van der Waals surface area contributed by atoms with Gasteiger partial charge in [-0.05, 0) is 19.1 Å². The second kappa shape index (κ2) is 5.24. The van der Waals surface area contributed by atoms with Crippen LogP contribution in [0.3, 0.4) is 0 Å². The summed E-state index contributed by atoms with van der Waals surface area (Å²) in [4.78, 5) is 3.92. The first kappa shape index (κ1) is 11.4. The lowest BCUT2D eigenvalue weighted by Crippen LogP contribution is -1.97. The number of rotatable bonds is 1. The van der Waals surface area contributed by atoms with Crippen molar-refractivity contribution in [1.29, 1.82) is 0 Å². The number of hydrogen-bond donors (Lipinski definition) is 0. The molecule has 0 aliphatic heterocycles. The zero-order chi connectivity index (χ0) is 11.3. The van der Waals surface area contributed by atoms with E-state index in [1.54, 1.807) is 25.1 Å². The average Bonchev–Trinajstić information content (AvgIpc) is 2.68. The Morgan fingerprint density at radius 1 is 1.20 bits per heavy atom. The van der Waals surface area contributed by atoms with Crippen molar-refractivity contribution in [3.05, 3.63) is 42.2 Å². The molecular weight excluding hydrogens is 193 g/mol. The van der Waals surface area contributed by atoms with Gasteiger partial charge in [0, 0.05) is 0 Å². The Kier molecular flexibility index (Phi) is 3.97. The second-order valence-electron chi connectivity index (χ2n) is 2.69. The van der Waals surface area contributed by atoms with E-state index in [4.69, 9.17) is 0 Å². The molecule has 80 valence electrons. The molecular formula is C11H14FN3. The number of benzene rings is 1. The molecule has 0 atom stereocenters. The molecule has 0 fully saturated rings. The maximum Gasteiger partial charge on any atom is 0.148 e. The van der Waals surface area contributed by atoms with E-state index < -0.39 is 0 Å². The van der Waals surface area contributed by atoms with Gasteiger partial charge in [-0.1, -0.05) is 26.0 Å². The minimum absolute atomic E-state index is 0.299. The second-order valence-corrected chi connectivity index (χ2v) is 2.69. The zero-order valence-electron chi connectivity index (χ0n) is 9.11. The van der Waals surface area contributed by atoms with Gasteiger partial charge in [0.1, 0.15) is 23.7 Å². The summed E-state index contributed by atoms with van der Waals surface area (Å²) in [5.74, 6) is 0.329. The van der Waals surface area contributed by atoms with Crippen LogP contribution in [0.5, 0.6) is 0 Å². The van der Waals surface area contributed by atoms with Crippen LogP contribution in [0.25, 0.3) is 5.69 Å². The standard InChI is InChI=1S/C9H8FN3.C2H6/c1-7-11-6-13(12-7)9-5-3-2-4-8(9)10;1-2/h2-6H,1H3;1-2H3. The van der Waals surface area contributed by atoms with E-state index in [0.29, 0.717) is 11.5 Å². The Morgan fingerprint density at radius 2 is 1.87 bits per heavy atom. The predicted octanol–water partition coefficient (Wildman–Crippen LogP) is 2.74. The van der Waals surface area contributed by atoms with Crippen molar-refractivity contribution in [2.45, 2.75) is 20.8 Å². The molecule has 0 spiro atoms. The van der Waals surface area contributed by atoms with Crippen molar-refractivity contribution in [3.8, 4) is 5.69 Å². The molecule has 1 aromatic heterocycles. The maximum absolute atomic E-state index is 13.2. The first-order valence-electron chi connectivity index (χ1n) is 4.90. The summed E-state index contributed by atoms with van der Waals surface area (Å²) in [6, 6.07) is 6.45. The summed E-state index contributed by atoms with van der Waals surface area (Å²) in [6.45, 7) is 5.76. The summed E-state index contributed by atoms with van der Waals surface area (Å²) in [6.07, 6.45) is 1.49. The van der Waals surface area contributed by atoms with E-state index >= 15 is 0 Å². The summed E-state index contributed by atoms with van der Waals surface area (Å²) < 4.78 is 14.6. The van der Waals surface area contributed by atoms with E-state index in [0.717, 1.165) is 0 Å². The molecule has 0 saturated carbocycles. The fraction of sp³-hybridized carbons (Fsp3) is 0.273. The first-order chi connectivity index (χ1) is 7.27. The van der Waals surface area contributed by atoms with Crippen LogP contribution in [0.4, 0.5) is 4.39 Å². The highest BCUT2D eigenvalue weighted by Crippen LogP contribution is 2.10. The summed E-state index contributed by atoms with van der Waals surface area (Å²) in [7, 11) is 0. The largest absolute Gasteiger partial charge is 0.220 e. The van der Waals surface area contributed by atoms with Crippen molar-refractivity contribution in [1.82, 2.24) is 14.8 Å². The van der Waals surface area contributed by atoms with Crippen LogP contribution in [0.1, 0.15) is 19.7 Å². The van der Waals surface area contributed by atoms with Crippen LogP contribution in [0.15, 0.2) is 30.6 Å². The first-order valence-corrected chi connectivity index (χ1v) is 4.90. The number of aryl methyl sites for hydroxylation is 1. The Bertz CT molecular complexity index is 423. The van der Waals surface area contributed by atoms with Gasteiger partial charge < -0.3 is 0 Å². The third-order valence-corrected chi connectivity index (χ3v) is 1.71. The SMILES string of the molecule is CC.Cc1ncn(-c2ccccc2F)n1. The molecule has 3 nitrogen and oxygen atoms in total. The number of aromatic nitrogens is 3. The molecule has 0 bridgehead atoms. The Balaban J connectivity index is 0.000000531. The molecule has 2 rings (SSSR count). The zero-order valence-corrected chi connectivity index (χ0v) is 9.11.